The lowest BCUT2D eigenvalue weighted by molar-refractivity contribution is 0.475. The fourth-order valence-corrected chi connectivity index (χ4v) is 0.704. The minimum Gasteiger partial charge on any atom is -0.329 e. The highest BCUT2D eigenvalue weighted by molar-refractivity contribution is 4.69. The first kappa shape index (κ1) is 8.88. The summed E-state index contributed by atoms with van der Waals surface area (Å²) in [5, 5.41) is 3.23. The number of rotatable bonds is 4. The number of nitrogens with two attached hydrogens (primary N) is 2. The number of hydrogen-bond donors (Lipinski definition) is 3. The van der Waals surface area contributed by atoms with E-state index in [0.717, 1.165) is 0 Å². The molecule has 0 bridgehead atoms. The van der Waals surface area contributed by atoms with E-state index >= 15 is 0 Å². The molecule has 0 aromatic heterocycles. The quantitative estimate of drug-likeness (QED) is 0.471. The summed E-state index contributed by atoms with van der Waals surface area (Å²) in [6.45, 7) is 5.40. The van der Waals surface area contributed by atoms with Crippen LogP contribution in [0.3, 0.4) is 0 Å². The summed E-state index contributed by atoms with van der Waals surface area (Å²) in [5.41, 5.74) is 10.8. The van der Waals surface area contributed by atoms with Crippen LogP contribution in [0.2, 0.25) is 0 Å². The Morgan fingerprint density at radius 1 is 1.22 bits per heavy atom. The molecule has 0 aliphatic carbocycles. The molecule has 0 aromatic rings. The Morgan fingerprint density at radius 3 is 1.78 bits per heavy atom. The zero-order chi connectivity index (χ0) is 7.28. The lowest BCUT2D eigenvalue weighted by Crippen LogP contribution is -2.45. The minimum absolute atomic E-state index is 0.282. The van der Waals surface area contributed by atoms with E-state index in [-0.39, 0.29) is 6.04 Å². The van der Waals surface area contributed by atoms with Crippen molar-refractivity contribution in [2.75, 3.05) is 13.1 Å². The van der Waals surface area contributed by atoms with Crippen molar-refractivity contribution in [1.82, 2.24) is 5.32 Å². The lowest BCUT2D eigenvalue weighted by atomic mass is 10.2. The highest BCUT2D eigenvalue weighted by atomic mass is 15.0. The standard InChI is InChI=1S/C6H17N3/c1-5(2)9-6(3-7)4-8/h5-6,9H,3-4,7-8H2,1-2H3. The lowest BCUT2D eigenvalue weighted by Gasteiger charge is -2.16. The first-order valence-corrected chi connectivity index (χ1v) is 3.37. The van der Waals surface area contributed by atoms with Crippen molar-refractivity contribution in [2.45, 2.75) is 25.9 Å². The summed E-state index contributed by atoms with van der Waals surface area (Å²) >= 11 is 0. The Hall–Kier alpha value is -0.120. The van der Waals surface area contributed by atoms with Gasteiger partial charge in [-0.2, -0.15) is 0 Å². The van der Waals surface area contributed by atoms with E-state index in [4.69, 9.17) is 11.5 Å². The maximum Gasteiger partial charge on any atom is 0.0315 e. The van der Waals surface area contributed by atoms with E-state index in [1.54, 1.807) is 0 Å². The monoisotopic (exact) mass is 131 g/mol. The third kappa shape index (κ3) is 4.39. The molecule has 0 saturated carbocycles. The van der Waals surface area contributed by atoms with Crippen LogP contribution in [0.1, 0.15) is 13.8 Å². The van der Waals surface area contributed by atoms with E-state index in [1.807, 2.05) is 0 Å². The van der Waals surface area contributed by atoms with Gasteiger partial charge in [0.1, 0.15) is 0 Å². The second-order valence-electron chi connectivity index (χ2n) is 2.49. The maximum absolute atomic E-state index is 5.39. The van der Waals surface area contributed by atoms with Gasteiger partial charge in [-0.05, 0) is 0 Å². The Morgan fingerprint density at radius 2 is 1.67 bits per heavy atom. The average Bonchev–Trinajstić information content (AvgIpc) is 1.82. The topological polar surface area (TPSA) is 64.1 Å². The van der Waals surface area contributed by atoms with Gasteiger partial charge < -0.3 is 16.8 Å². The van der Waals surface area contributed by atoms with Crippen LogP contribution in [0.5, 0.6) is 0 Å². The van der Waals surface area contributed by atoms with E-state index in [1.165, 1.54) is 0 Å². The molecule has 0 rings (SSSR count). The van der Waals surface area contributed by atoms with Crippen LogP contribution < -0.4 is 16.8 Å². The van der Waals surface area contributed by atoms with Gasteiger partial charge in [-0.1, -0.05) is 13.8 Å². The minimum atomic E-state index is 0.282. The second kappa shape index (κ2) is 4.73. The van der Waals surface area contributed by atoms with Gasteiger partial charge in [-0.3, -0.25) is 0 Å². The smallest absolute Gasteiger partial charge is 0.0315 e. The molecule has 0 fully saturated rings. The van der Waals surface area contributed by atoms with Crippen molar-refractivity contribution in [3.05, 3.63) is 0 Å². The predicted octanol–water partition coefficient (Wildman–Crippen LogP) is -0.730. The molecule has 0 aliphatic rings. The molecular formula is C6H17N3. The van der Waals surface area contributed by atoms with E-state index in [2.05, 4.69) is 19.2 Å². The van der Waals surface area contributed by atoms with Gasteiger partial charge in [0.05, 0.1) is 0 Å². The fraction of sp³-hybridized carbons (Fsp3) is 1.00. The molecule has 9 heavy (non-hydrogen) atoms. The molecule has 0 saturated heterocycles. The van der Waals surface area contributed by atoms with Crippen LogP contribution in [-0.4, -0.2) is 25.2 Å². The van der Waals surface area contributed by atoms with E-state index in [9.17, 15) is 0 Å². The second-order valence-corrected chi connectivity index (χ2v) is 2.49. The Kier molecular flexibility index (Phi) is 4.67. The SMILES string of the molecule is CC(C)NC(CN)CN. The molecule has 3 heteroatoms. The Bertz CT molecular complexity index is 59.3. The first-order chi connectivity index (χ1) is 4.20. The van der Waals surface area contributed by atoms with Crippen LogP contribution >= 0.6 is 0 Å². The van der Waals surface area contributed by atoms with Gasteiger partial charge in [-0.25, -0.2) is 0 Å². The summed E-state index contributed by atoms with van der Waals surface area (Å²) in [7, 11) is 0. The van der Waals surface area contributed by atoms with Crippen LogP contribution in [0.25, 0.3) is 0 Å². The molecule has 0 heterocycles. The van der Waals surface area contributed by atoms with E-state index < -0.39 is 0 Å². The summed E-state index contributed by atoms with van der Waals surface area (Å²) < 4.78 is 0. The van der Waals surface area contributed by atoms with Crippen molar-refractivity contribution in [3.63, 3.8) is 0 Å². The van der Waals surface area contributed by atoms with Gasteiger partial charge >= 0.3 is 0 Å². The number of nitrogens with one attached hydrogen (secondary N) is 1. The molecule has 0 radical (unpaired) electrons. The van der Waals surface area contributed by atoms with Crippen molar-refractivity contribution in [2.24, 2.45) is 11.5 Å². The average molecular weight is 131 g/mol. The zero-order valence-corrected chi connectivity index (χ0v) is 6.22. The highest BCUT2D eigenvalue weighted by Gasteiger charge is 2.02. The van der Waals surface area contributed by atoms with Gasteiger partial charge in [0.25, 0.3) is 0 Å². The Balaban J connectivity index is 3.31. The van der Waals surface area contributed by atoms with E-state index in [0.29, 0.717) is 19.1 Å². The highest BCUT2D eigenvalue weighted by Crippen LogP contribution is 1.81. The third-order valence-electron chi connectivity index (χ3n) is 1.14. The normalized spacial score (nSPS) is 11.3. The molecular weight excluding hydrogens is 114 g/mol. The molecule has 0 aromatic carbocycles. The molecule has 0 amide bonds. The molecule has 5 N–H and O–H groups in total. The van der Waals surface area contributed by atoms with Crippen LogP contribution in [-0.2, 0) is 0 Å². The summed E-state index contributed by atoms with van der Waals surface area (Å²) in [5.74, 6) is 0. The van der Waals surface area contributed by atoms with Crippen molar-refractivity contribution >= 4 is 0 Å². The third-order valence-corrected chi connectivity index (χ3v) is 1.14. The van der Waals surface area contributed by atoms with Crippen LogP contribution in [0, 0.1) is 0 Å². The fourth-order valence-electron chi connectivity index (χ4n) is 0.704. The molecule has 0 spiro atoms. The molecule has 0 atom stereocenters. The summed E-state index contributed by atoms with van der Waals surface area (Å²) in [4.78, 5) is 0. The molecule has 0 unspecified atom stereocenters. The maximum atomic E-state index is 5.39. The zero-order valence-electron chi connectivity index (χ0n) is 6.22. The van der Waals surface area contributed by atoms with Crippen LogP contribution in [0.15, 0.2) is 0 Å². The van der Waals surface area contributed by atoms with Gasteiger partial charge in [0, 0.05) is 25.2 Å². The number of hydrogen-bond acceptors (Lipinski definition) is 3. The van der Waals surface area contributed by atoms with Crippen molar-refractivity contribution in [1.29, 1.82) is 0 Å². The summed E-state index contributed by atoms with van der Waals surface area (Å²) in [6.07, 6.45) is 0. The largest absolute Gasteiger partial charge is 0.329 e. The summed E-state index contributed by atoms with van der Waals surface area (Å²) in [6, 6.07) is 0.757. The molecule has 3 nitrogen and oxygen atoms in total. The van der Waals surface area contributed by atoms with Crippen molar-refractivity contribution < 1.29 is 0 Å². The predicted molar refractivity (Wildman–Crippen MR) is 40.2 cm³/mol. The van der Waals surface area contributed by atoms with Crippen molar-refractivity contribution in [3.8, 4) is 0 Å². The molecule has 56 valence electrons. The van der Waals surface area contributed by atoms with Crippen LogP contribution in [0.4, 0.5) is 0 Å². The van der Waals surface area contributed by atoms with Gasteiger partial charge in [0.2, 0.25) is 0 Å². The molecule has 0 aliphatic heterocycles. The van der Waals surface area contributed by atoms with Gasteiger partial charge in [-0.15, -0.1) is 0 Å². The first-order valence-electron chi connectivity index (χ1n) is 3.37. The van der Waals surface area contributed by atoms with Gasteiger partial charge in [0.15, 0.2) is 0 Å². The Labute approximate surface area is 56.8 Å².